The van der Waals surface area contributed by atoms with Crippen molar-refractivity contribution in [3.05, 3.63) is 29.8 Å². The van der Waals surface area contributed by atoms with Crippen LogP contribution in [-0.4, -0.2) is 39.4 Å². The maximum Gasteiger partial charge on any atom is 0.494 e. The summed E-state index contributed by atoms with van der Waals surface area (Å²) in [5, 5.41) is 0. The fourth-order valence-electron chi connectivity index (χ4n) is 2.89. The van der Waals surface area contributed by atoms with E-state index in [9.17, 15) is 13.2 Å². The second-order valence-electron chi connectivity index (χ2n) is 7.24. The van der Waals surface area contributed by atoms with E-state index < -0.39 is 28.5 Å². The van der Waals surface area contributed by atoms with Gasteiger partial charge >= 0.3 is 7.12 Å². The van der Waals surface area contributed by atoms with Crippen molar-refractivity contribution in [1.29, 1.82) is 0 Å². The average Bonchev–Trinajstić information content (AvgIpc) is 3.21. The van der Waals surface area contributed by atoms with Crippen LogP contribution >= 0.6 is 0 Å². The van der Waals surface area contributed by atoms with E-state index in [4.69, 9.17) is 9.31 Å². The zero-order valence-corrected chi connectivity index (χ0v) is 15.1. The molecule has 2 aliphatic rings. The predicted octanol–water partition coefficient (Wildman–Crippen LogP) is 0.703. The maximum absolute atomic E-state index is 12.3. The maximum atomic E-state index is 12.3. The second kappa shape index (κ2) is 5.57. The van der Waals surface area contributed by atoms with Gasteiger partial charge in [-0.05, 0) is 44.6 Å². The molecule has 0 aromatic heterocycles. The normalized spacial score (nSPS) is 24.7. The quantitative estimate of drug-likeness (QED) is 0.808. The Kier molecular flexibility index (Phi) is 4.05. The largest absolute Gasteiger partial charge is 0.494 e. The van der Waals surface area contributed by atoms with Gasteiger partial charge in [0.1, 0.15) is 0 Å². The average molecular weight is 351 g/mol. The number of sulfonamides is 1. The van der Waals surface area contributed by atoms with E-state index in [1.807, 2.05) is 45.0 Å². The minimum atomic E-state index is -3.55. The molecule has 0 spiro atoms. The molecule has 1 unspecified atom stereocenters. The minimum Gasteiger partial charge on any atom is -0.402 e. The topological polar surface area (TPSA) is 81.7 Å². The van der Waals surface area contributed by atoms with Gasteiger partial charge in [-0.1, -0.05) is 24.3 Å². The van der Waals surface area contributed by atoms with Crippen molar-refractivity contribution in [3.63, 3.8) is 0 Å². The van der Waals surface area contributed by atoms with E-state index >= 15 is 0 Å². The molecule has 0 bridgehead atoms. The monoisotopic (exact) mass is 351 g/mol. The van der Waals surface area contributed by atoms with Gasteiger partial charge in [-0.15, -0.1) is 0 Å². The van der Waals surface area contributed by atoms with E-state index in [0.29, 0.717) is 12.8 Å². The molecule has 3 rings (SSSR count). The summed E-state index contributed by atoms with van der Waals surface area (Å²) in [5.74, 6) is -0.458. The van der Waals surface area contributed by atoms with Crippen LogP contribution < -0.4 is 10.2 Å². The number of amides is 1. The standard InChI is InChI=1S/C16H22BNO5S/c1-11-15(2,3)23-17(22-11)13-7-5-12(6-8-13)16(9-10-16)14(19)18-24(4,20)21/h5-8,11H,9-10H2,1-4H3,(H,18,19). The van der Waals surface area contributed by atoms with Gasteiger partial charge in [0.2, 0.25) is 15.9 Å². The summed E-state index contributed by atoms with van der Waals surface area (Å²) in [7, 11) is -3.98. The zero-order chi connectivity index (χ0) is 17.8. The third-order valence-corrected chi connectivity index (χ3v) is 5.47. The predicted molar refractivity (Wildman–Crippen MR) is 91.4 cm³/mol. The van der Waals surface area contributed by atoms with Crippen LogP contribution in [0, 0.1) is 0 Å². The van der Waals surface area contributed by atoms with Crippen molar-refractivity contribution in [2.24, 2.45) is 0 Å². The Morgan fingerprint density at radius 2 is 1.83 bits per heavy atom. The van der Waals surface area contributed by atoms with E-state index in [1.165, 1.54) is 0 Å². The van der Waals surface area contributed by atoms with Gasteiger partial charge in [-0.2, -0.15) is 0 Å². The first-order chi connectivity index (χ1) is 11.0. The van der Waals surface area contributed by atoms with Crippen LogP contribution in [-0.2, 0) is 29.5 Å². The first-order valence-electron chi connectivity index (χ1n) is 7.99. The molecule has 130 valence electrons. The van der Waals surface area contributed by atoms with Gasteiger partial charge in [0.15, 0.2) is 0 Å². The van der Waals surface area contributed by atoms with Gasteiger partial charge in [0.05, 0.1) is 23.4 Å². The lowest BCUT2D eigenvalue weighted by Crippen LogP contribution is -2.38. The molecule has 1 saturated heterocycles. The third kappa shape index (κ3) is 3.23. The molecule has 1 aromatic carbocycles. The number of hydrogen-bond acceptors (Lipinski definition) is 5. The molecular formula is C16H22BNO5S. The van der Waals surface area contributed by atoms with Crippen LogP contribution in [0.1, 0.15) is 39.2 Å². The Morgan fingerprint density at radius 1 is 1.25 bits per heavy atom. The van der Waals surface area contributed by atoms with E-state index in [0.717, 1.165) is 17.3 Å². The Bertz CT molecular complexity index is 755. The Hall–Kier alpha value is -1.38. The lowest BCUT2D eigenvalue weighted by molar-refractivity contribution is -0.121. The molecule has 1 aliphatic heterocycles. The molecule has 1 aliphatic carbocycles. The van der Waals surface area contributed by atoms with Gasteiger partial charge < -0.3 is 9.31 Å². The second-order valence-corrected chi connectivity index (χ2v) is 8.99. The third-order valence-electron chi connectivity index (χ3n) is 4.92. The lowest BCUT2D eigenvalue weighted by atomic mass is 9.78. The number of benzene rings is 1. The Balaban J connectivity index is 1.77. The first-order valence-corrected chi connectivity index (χ1v) is 9.89. The van der Waals surface area contributed by atoms with Crippen LogP contribution in [0.15, 0.2) is 24.3 Å². The zero-order valence-electron chi connectivity index (χ0n) is 14.3. The molecule has 1 saturated carbocycles. The summed E-state index contributed by atoms with van der Waals surface area (Å²) >= 11 is 0. The molecule has 8 heteroatoms. The summed E-state index contributed by atoms with van der Waals surface area (Å²) in [6.07, 6.45) is 2.27. The molecule has 1 aromatic rings. The van der Waals surface area contributed by atoms with Crippen LogP contribution in [0.25, 0.3) is 0 Å². The summed E-state index contributed by atoms with van der Waals surface area (Å²) in [6, 6.07) is 7.46. The van der Waals surface area contributed by atoms with E-state index in [2.05, 4.69) is 4.72 Å². The summed E-state index contributed by atoms with van der Waals surface area (Å²) in [6.45, 7) is 5.95. The van der Waals surface area contributed by atoms with Crippen molar-refractivity contribution in [2.45, 2.75) is 50.7 Å². The van der Waals surface area contributed by atoms with Gasteiger partial charge in [0, 0.05) is 0 Å². The summed E-state index contributed by atoms with van der Waals surface area (Å²) < 4.78 is 36.5. The molecule has 1 N–H and O–H groups in total. The Labute approximate surface area is 143 Å². The smallest absolute Gasteiger partial charge is 0.402 e. The molecule has 6 nitrogen and oxygen atoms in total. The van der Waals surface area contributed by atoms with Crippen LogP contribution in [0.5, 0.6) is 0 Å². The van der Waals surface area contributed by atoms with Crippen LogP contribution in [0.4, 0.5) is 0 Å². The Morgan fingerprint density at radius 3 is 2.25 bits per heavy atom. The highest BCUT2D eigenvalue weighted by atomic mass is 32.2. The minimum absolute atomic E-state index is 0.0162. The molecule has 2 fully saturated rings. The van der Waals surface area contributed by atoms with Crippen molar-refractivity contribution in [2.75, 3.05) is 6.26 Å². The van der Waals surface area contributed by atoms with Crippen LogP contribution in [0.2, 0.25) is 0 Å². The molecule has 24 heavy (non-hydrogen) atoms. The van der Waals surface area contributed by atoms with E-state index in [1.54, 1.807) is 0 Å². The van der Waals surface area contributed by atoms with Gasteiger partial charge in [-0.3, -0.25) is 9.52 Å². The van der Waals surface area contributed by atoms with Crippen molar-refractivity contribution in [1.82, 2.24) is 4.72 Å². The molecule has 1 heterocycles. The van der Waals surface area contributed by atoms with Crippen molar-refractivity contribution < 1.29 is 22.5 Å². The lowest BCUT2D eigenvalue weighted by Gasteiger charge is -2.21. The first kappa shape index (κ1) is 17.4. The van der Waals surface area contributed by atoms with Gasteiger partial charge in [0.25, 0.3) is 0 Å². The highest BCUT2D eigenvalue weighted by molar-refractivity contribution is 7.89. The highest BCUT2D eigenvalue weighted by Gasteiger charge is 2.52. The summed E-state index contributed by atoms with van der Waals surface area (Å²) in [5.41, 5.74) is 0.621. The number of hydrogen-bond donors (Lipinski definition) is 1. The molecule has 1 atom stereocenters. The fraction of sp³-hybridized carbons (Fsp3) is 0.562. The SMILES string of the molecule is CC1OB(c2ccc(C3(C(=O)NS(C)(=O)=O)CC3)cc2)OC1(C)C. The van der Waals surface area contributed by atoms with Crippen molar-refractivity contribution in [3.8, 4) is 0 Å². The highest BCUT2D eigenvalue weighted by Crippen LogP contribution is 2.48. The number of carbonyl (C=O) groups excluding carboxylic acids is 1. The molecular weight excluding hydrogens is 329 g/mol. The summed E-state index contributed by atoms with van der Waals surface area (Å²) in [4.78, 5) is 12.3. The van der Waals surface area contributed by atoms with E-state index in [-0.39, 0.29) is 11.7 Å². The molecule has 1 amide bonds. The fourth-order valence-corrected chi connectivity index (χ4v) is 3.42. The van der Waals surface area contributed by atoms with Gasteiger partial charge in [-0.25, -0.2) is 8.42 Å². The molecule has 0 radical (unpaired) electrons. The van der Waals surface area contributed by atoms with Crippen molar-refractivity contribution >= 4 is 28.5 Å². The van der Waals surface area contributed by atoms with Crippen LogP contribution in [0.3, 0.4) is 0 Å². The number of nitrogens with one attached hydrogen (secondary N) is 1. The number of carbonyl (C=O) groups is 1. The number of rotatable bonds is 4.